The molecular weight excluding hydrogens is 408 g/mol. The van der Waals surface area contributed by atoms with Gasteiger partial charge in [-0.15, -0.1) is 21.5 Å². The van der Waals surface area contributed by atoms with E-state index in [2.05, 4.69) is 16.3 Å². The van der Waals surface area contributed by atoms with Gasteiger partial charge < -0.3 is 13.7 Å². The van der Waals surface area contributed by atoms with Crippen molar-refractivity contribution >= 4 is 39.2 Å². The van der Waals surface area contributed by atoms with Crippen LogP contribution in [0.5, 0.6) is 0 Å². The largest absolute Gasteiger partial charge is 0.459 e. The number of nitrogens with zero attached hydrogens (tertiary/aromatic N) is 4. The molecule has 9 heteroatoms. The molecule has 1 aromatic carbocycles. The number of aromatic nitrogens is 3. The lowest BCUT2D eigenvalue weighted by atomic mass is 9.99. The van der Waals surface area contributed by atoms with E-state index in [1.54, 1.807) is 29.7 Å². The summed E-state index contributed by atoms with van der Waals surface area (Å²) in [4.78, 5) is 19.4. The van der Waals surface area contributed by atoms with Crippen molar-refractivity contribution in [1.29, 1.82) is 0 Å². The molecule has 3 aromatic heterocycles. The molecule has 0 unspecified atom stereocenters. The summed E-state index contributed by atoms with van der Waals surface area (Å²) in [5, 5.41) is 9.43. The van der Waals surface area contributed by atoms with Crippen LogP contribution in [0, 0.1) is 0 Å². The number of piperidine rings is 1. The average molecular weight is 427 g/mol. The zero-order valence-electron chi connectivity index (χ0n) is 15.5. The second-order valence-electron chi connectivity index (χ2n) is 6.84. The number of furan rings is 1. The number of benzene rings is 1. The van der Waals surface area contributed by atoms with Crippen molar-refractivity contribution in [2.75, 3.05) is 18.8 Å². The third kappa shape index (κ3) is 3.92. The van der Waals surface area contributed by atoms with E-state index in [1.807, 2.05) is 23.1 Å². The lowest BCUT2D eigenvalue weighted by Gasteiger charge is -2.31. The fourth-order valence-electron chi connectivity index (χ4n) is 3.45. The SMILES string of the molecule is O=C(CSc1nnc(-c2ccco2)o1)N1CCC[C@@H](c2nc3ccccc3s2)C1. The summed E-state index contributed by atoms with van der Waals surface area (Å²) in [6.07, 6.45) is 3.60. The molecule has 0 saturated carbocycles. The first kappa shape index (κ1) is 18.4. The summed E-state index contributed by atoms with van der Waals surface area (Å²) < 4.78 is 12.0. The Morgan fingerprint density at radius 3 is 3.03 bits per heavy atom. The number of likely N-dealkylation sites (tertiary alicyclic amines) is 1. The van der Waals surface area contributed by atoms with Crippen LogP contribution in [0.4, 0.5) is 0 Å². The molecular formula is C20H18N4O3S2. The number of carbonyl (C=O) groups is 1. The first-order valence-electron chi connectivity index (χ1n) is 9.40. The number of thioether (sulfide) groups is 1. The highest BCUT2D eigenvalue weighted by atomic mass is 32.2. The molecule has 1 aliphatic rings. The Labute approximate surface area is 175 Å². The summed E-state index contributed by atoms with van der Waals surface area (Å²) in [6.45, 7) is 1.49. The monoisotopic (exact) mass is 426 g/mol. The molecule has 1 fully saturated rings. The molecule has 4 aromatic rings. The average Bonchev–Trinajstić information content (AvgIpc) is 3.52. The van der Waals surface area contributed by atoms with Crippen molar-refractivity contribution < 1.29 is 13.6 Å². The Hall–Kier alpha value is -2.65. The minimum absolute atomic E-state index is 0.0820. The first-order chi connectivity index (χ1) is 14.3. The Bertz CT molecular complexity index is 1090. The highest BCUT2D eigenvalue weighted by Crippen LogP contribution is 2.33. The van der Waals surface area contributed by atoms with Crippen LogP contribution in [0.3, 0.4) is 0 Å². The molecule has 1 amide bonds. The highest BCUT2D eigenvalue weighted by Gasteiger charge is 2.27. The van der Waals surface area contributed by atoms with Crippen LogP contribution in [-0.2, 0) is 4.79 Å². The van der Waals surface area contributed by atoms with Crippen molar-refractivity contribution in [3.63, 3.8) is 0 Å². The molecule has 4 heterocycles. The number of rotatable bonds is 5. The van der Waals surface area contributed by atoms with Crippen molar-refractivity contribution in [3.8, 4) is 11.7 Å². The summed E-state index contributed by atoms with van der Waals surface area (Å²) in [5.74, 6) is 1.48. The van der Waals surface area contributed by atoms with E-state index in [4.69, 9.17) is 13.8 Å². The van der Waals surface area contributed by atoms with Gasteiger partial charge >= 0.3 is 0 Å². The smallest absolute Gasteiger partial charge is 0.284 e. The van der Waals surface area contributed by atoms with E-state index in [0.717, 1.165) is 29.9 Å². The van der Waals surface area contributed by atoms with Crippen LogP contribution in [-0.4, -0.2) is 44.8 Å². The number of hydrogen-bond acceptors (Lipinski definition) is 8. The van der Waals surface area contributed by atoms with Crippen molar-refractivity contribution in [2.45, 2.75) is 24.0 Å². The second-order valence-corrected chi connectivity index (χ2v) is 8.83. The van der Waals surface area contributed by atoms with Gasteiger partial charge in [0.1, 0.15) is 0 Å². The fourth-order valence-corrected chi connectivity index (χ4v) is 5.21. The van der Waals surface area contributed by atoms with Crippen LogP contribution in [0.2, 0.25) is 0 Å². The number of carbonyl (C=O) groups excluding carboxylic acids is 1. The lowest BCUT2D eigenvalue weighted by Crippen LogP contribution is -2.40. The number of para-hydroxylation sites is 1. The number of hydrogen-bond donors (Lipinski definition) is 0. The van der Waals surface area contributed by atoms with Crippen molar-refractivity contribution in [2.24, 2.45) is 0 Å². The van der Waals surface area contributed by atoms with Crippen LogP contribution in [0.15, 0.2) is 56.7 Å². The Kier molecular flexibility index (Phi) is 5.07. The van der Waals surface area contributed by atoms with E-state index in [-0.39, 0.29) is 11.7 Å². The molecule has 0 aliphatic carbocycles. The summed E-state index contributed by atoms with van der Waals surface area (Å²) in [5.41, 5.74) is 1.04. The van der Waals surface area contributed by atoms with Crippen molar-refractivity contribution in [3.05, 3.63) is 47.7 Å². The summed E-state index contributed by atoms with van der Waals surface area (Å²) in [7, 11) is 0. The molecule has 1 aliphatic heterocycles. The molecule has 7 nitrogen and oxygen atoms in total. The van der Waals surface area contributed by atoms with E-state index < -0.39 is 0 Å². The Balaban J connectivity index is 1.21. The predicted octanol–water partition coefficient (Wildman–Crippen LogP) is 4.44. The number of thiazole rings is 1. The molecule has 0 radical (unpaired) electrons. The van der Waals surface area contributed by atoms with Gasteiger partial charge in [0.05, 0.1) is 27.2 Å². The van der Waals surface area contributed by atoms with E-state index in [0.29, 0.717) is 29.3 Å². The second kappa shape index (κ2) is 8.00. The third-order valence-electron chi connectivity index (χ3n) is 4.89. The van der Waals surface area contributed by atoms with Crippen LogP contribution < -0.4 is 0 Å². The van der Waals surface area contributed by atoms with Gasteiger partial charge in [0.2, 0.25) is 5.91 Å². The minimum atomic E-state index is 0.0820. The van der Waals surface area contributed by atoms with Gasteiger partial charge in [0.25, 0.3) is 11.1 Å². The predicted molar refractivity (Wildman–Crippen MR) is 111 cm³/mol. The van der Waals surface area contributed by atoms with Gasteiger partial charge in [-0.25, -0.2) is 4.98 Å². The molecule has 5 rings (SSSR count). The van der Waals surface area contributed by atoms with Gasteiger partial charge in [0, 0.05) is 19.0 Å². The number of amides is 1. The zero-order valence-corrected chi connectivity index (χ0v) is 17.1. The fraction of sp³-hybridized carbons (Fsp3) is 0.300. The topological polar surface area (TPSA) is 85.3 Å². The highest BCUT2D eigenvalue weighted by molar-refractivity contribution is 7.99. The maximum atomic E-state index is 12.7. The Morgan fingerprint density at radius 1 is 1.24 bits per heavy atom. The van der Waals surface area contributed by atoms with Gasteiger partial charge in [-0.05, 0) is 37.1 Å². The van der Waals surface area contributed by atoms with Crippen LogP contribution in [0.25, 0.3) is 21.9 Å². The van der Waals surface area contributed by atoms with Gasteiger partial charge in [-0.2, -0.15) is 0 Å². The lowest BCUT2D eigenvalue weighted by molar-refractivity contribution is -0.129. The molecule has 0 N–H and O–H groups in total. The third-order valence-corrected chi connectivity index (χ3v) is 6.89. The standard InChI is InChI=1S/C20H18N4O3S2/c25-17(12-28-20-23-22-18(27-20)15-7-4-10-26-15)24-9-3-5-13(11-24)19-21-14-6-1-2-8-16(14)29-19/h1-2,4,6-8,10,13H,3,5,9,11-12H2/t13-/m1/s1. The van der Waals surface area contributed by atoms with Gasteiger partial charge in [-0.1, -0.05) is 23.9 Å². The maximum Gasteiger partial charge on any atom is 0.284 e. The molecule has 29 heavy (non-hydrogen) atoms. The molecule has 0 spiro atoms. The summed E-state index contributed by atoms with van der Waals surface area (Å²) >= 11 is 2.99. The maximum absolute atomic E-state index is 12.7. The van der Waals surface area contributed by atoms with Gasteiger partial charge in [-0.3, -0.25) is 4.79 Å². The normalized spacial score (nSPS) is 17.1. The van der Waals surface area contributed by atoms with Gasteiger partial charge in [0.15, 0.2) is 5.76 Å². The molecule has 1 atom stereocenters. The van der Waals surface area contributed by atoms with E-state index in [1.165, 1.54) is 16.5 Å². The Morgan fingerprint density at radius 2 is 2.17 bits per heavy atom. The van der Waals surface area contributed by atoms with Crippen LogP contribution >= 0.6 is 23.1 Å². The minimum Gasteiger partial charge on any atom is -0.459 e. The van der Waals surface area contributed by atoms with E-state index in [9.17, 15) is 4.79 Å². The first-order valence-corrected chi connectivity index (χ1v) is 11.2. The zero-order chi connectivity index (χ0) is 19.6. The molecule has 0 bridgehead atoms. The quantitative estimate of drug-likeness (QED) is 0.436. The van der Waals surface area contributed by atoms with E-state index >= 15 is 0 Å². The summed E-state index contributed by atoms with van der Waals surface area (Å²) in [6, 6.07) is 11.7. The molecule has 148 valence electrons. The number of fused-ring (bicyclic) bond motifs is 1. The van der Waals surface area contributed by atoms with Crippen LogP contribution in [0.1, 0.15) is 23.8 Å². The molecule has 1 saturated heterocycles. The van der Waals surface area contributed by atoms with Crippen molar-refractivity contribution in [1.82, 2.24) is 20.1 Å².